The van der Waals surface area contributed by atoms with Crippen LogP contribution in [0, 0.1) is 0 Å². The fourth-order valence-corrected chi connectivity index (χ4v) is 4.40. The Labute approximate surface area is 188 Å². The molecule has 10 nitrogen and oxygen atoms in total. The van der Waals surface area contributed by atoms with E-state index in [0.29, 0.717) is 53.5 Å². The first-order valence-electron chi connectivity index (χ1n) is 10.2. The molecule has 3 N–H and O–H groups in total. The van der Waals surface area contributed by atoms with Gasteiger partial charge in [0.1, 0.15) is 16.4 Å². The molecule has 1 aliphatic heterocycles. The SMILES string of the molecule is CCOC(=O)c1scc2nc(N)nc(N3CCN(C(=O)Nc4ccc(OC)cc4)CC3)c12. The van der Waals surface area contributed by atoms with Gasteiger partial charge < -0.3 is 30.3 Å². The van der Waals surface area contributed by atoms with Crippen LogP contribution in [-0.2, 0) is 4.74 Å². The number of rotatable bonds is 5. The number of piperazine rings is 1. The Balaban J connectivity index is 1.48. The molecule has 2 aromatic heterocycles. The minimum Gasteiger partial charge on any atom is -0.497 e. The van der Waals surface area contributed by atoms with Crippen molar-refractivity contribution in [2.75, 3.05) is 55.8 Å². The van der Waals surface area contributed by atoms with Gasteiger partial charge in [0.15, 0.2) is 0 Å². The largest absolute Gasteiger partial charge is 0.497 e. The second kappa shape index (κ2) is 9.27. The molecule has 0 saturated carbocycles. The summed E-state index contributed by atoms with van der Waals surface area (Å²) in [7, 11) is 1.60. The highest BCUT2D eigenvalue weighted by atomic mass is 32.1. The van der Waals surface area contributed by atoms with Crippen LogP contribution in [0.15, 0.2) is 29.6 Å². The smallest absolute Gasteiger partial charge is 0.349 e. The van der Waals surface area contributed by atoms with Crippen LogP contribution >= 0.6 is 11.3 Å². The number of nitrogens with two attached hydrogens (primary N) is 1. The summed E-state index contributed by atoms with van der Waals surface area (Å²) >= 11 is 1.26. The van der Waals surface area contributed by atoms with E-state index in [1.165, 1.54) is 11.3 Å². The molecule has 168 valence electrons. The lowest BCUT2D eigenvalue weighted by molar-refractivity contribution is 0.0534. The molecular weight excluding hydrogens is 432 g/mol. The van der Waals surface area contributed by atoms with E-state index in [-0.39, 0.29) is 18.6 Å². The Morgan fingerprint density at radius 2 is 1.88 bits per heavy atom. The Bertz CT molecular complexity index is 1130. The second-order valence-corrected chi connectivity index (χ2v) is 7.96. The summed E-state index contributed by atoms with van der Waals surface area (Å²) in [5.41, 5.74) is 7.22. The maximum absolute atomic E-state index is 12.7. The minimum absolute atomic E-state index is 0.139. The summed E-state index contributed by atoms with van der Waals surface area (Å²) in [4.78, 5) is 38.0. The number of nitrogens with one attached hydrogen (secondary N) is 1. The van der Waals surface area contributed by atoms with Crippen molar-refractivity contribution in [3.8, 4) is 5.75 Å². The number of anilines is 3. The minimum atomic E-state index is -0.403. The molecule has 1 fully saturated rings. The van der Waals surface area contributed by atoms with E-state index >= 15 is 0 Å². The van der Waals surface area contributed by atoms with E-state index in [1.54, 1.807) is 48.6 Å². The molecule has 0 spiro atoms. The van der Waals surface area contributed by atoms with Gasteiger partial charge in [-0.2, -0.15) is 4.98 Å². The van der Waals surface area contributed by atoms with Crippen LogP contribution in [0.5, 0.6) is 5.75 Å². The van der Waals surface area contributed by atoms with Gasteiger partial charge in [0.05, 0.1) is 24.6 Å². The van der Waals surface area contributed by atoms with Crippen molar-refractivity contribution in [2.24, 2.45) is 0 Å². The third-order valence-electron chi connectivity index (χ3n) is 5.12. The lowest BCUT2D eigenvalue weighted by Crippen LogP contribution is -2.50. The first-order chi connectivity index (χ1) is 15.5. The third kappa shape index (κ3) is 4.37. The molecule has 1 aliphatic rings. The van der Waals surface area contributed by atoms with Crippen molar-refractivity contribution in [2.45, 2.75) is 6.92 Å². The molecule has 32 heavy (non-hydrogen) atoms. The van der Waals surface area contributed by atoms with Crippen molar-refractivity contribution >= 4 is 51.7 Å². The maximum atomic E-state index is 12.7. The Hall–Kier alpha value is -3.60. The summed E-state index contributed by atoms with van der Waals surface area (Å²) in [5.74, 6) is 1.05. The summed E-state index contributed by atoms with van der Waals surface area (Å²) in [5, 5.41) is 5.32. The number of carbonyl (C=O) groups excluding carboxylic acids is 2. The molecule has 1 saturated heterocycles. The predicted octanol–water partition coefficient (Wildman–Crippen LogP) is 2.81. The zero-order valence-corrected chi connectivity index (χ0v) is 18.6. The number of nitrogens with zero attached hydrogens (tertiary/aromatic N) is 4. The van der Waals surface area contributed by atoms with E-state index in [2.05, 4.69) is 15.3 Å². The first-order valence-corrected chi connectivity index (χ1v) is 11.0. The number of thiophene rings is 1. The van der Waals surface area contributed by atoms with Gasteiger partial charge in [0.25, 0.3) is 0 Å². The molecule has 0 atom stereocenters. The predicted molar refractivity (Wildman–Crippen MR) is 124 cm³/mol. The van der Waals surface area contributed by atoms with E-state index in [1.807, 2.05) is 4.90 Å². The quantitative estimate of drug-likeness (QED) is 0.562. The average Bonchev–Trinajstić information content (AvgIpc) is 3.23. The second-order valence-electron chi connectivity index (χ2n) is 7.08. The number of carbonyl (C=O) groups is 2. The monoisotopic (exact) mass is 456 g/mol. The number of benzene rings is 1. The number of hydrogen-bond donors (Lipinski definition) is 2. The van der Waals surface area contributed by atoms with E-state index < -0.39 is 5.97 Å². The van der Waals surface area contributed by atoms with E-state index in [9.17, 15) is 9.59 Å². The van der Waals surface area contributed by atoms with E-state index in [0.717, 1.165) is 5.75 Å². The molecular formula is C21H24N6O4S. The Morgan fingerprint density at radius 1 is 1.16 bits per heavy atom. The third-order valence-corrected chi connectivity index (χ3v) is 6.07. The molecule has 0 bridgehead atoms. The number of nitrogen functional groups attached to an aromatic ring is 1. The number of ether oxygens (including phenoxy) is 2. The normalized spacial score (nSPS) is 13.8. The van der Waals surface area contributed by atoms with Gasteiger partial charge in [-0.1, -0.05) is 0 Å². The summed E-state index contributed by atoms with van der Waals surface area (Å²) in [6, 6.07) is 6.99. The van der Waals surface area contributed by atoms with Gasteiger partial charge in [0.2, 0.25) is 5.95 Å². The van der Waals surface area contributed by atoms with Crippen LogP contribution in [0.2, 0.25) is 0 Å². The molecule has 4 rings (SSSR count). The molecule has 11 heteroatoms. The van der Waals surface area contributed by atoms with Crippen molar-refractivity contribution in [3.63, 3.8) is 0 Å². The number of amides is 2. The van der Waals surface area contributed by atoms with E-state index in [4.69, 9.17) is 15.2 Å². The number of aromatic nitrogens is 2. The first kappa shape index (κ1) is 21.6. The van der Waals surface area contributed by atoms with Crippen LogP contribution in [0.4, 0.5) is 22.2 Å². The Kier molecular flexibility index (Phi) is 6.26. The van der Waals surface area contributed by atoms with Gasteiger partial charge in [0, 0.05) is 37.2 Å². The fourth-order valence-electron chi connectivity index (χ4n) is 3.53. The van der Waals surface area contributed by atoms with Crippen molar-refractivity contribution < 1.29 is 19.1 Å². The molecule has 0 aliphatic carbocycles. The fraction of sp³-hybridized carbons (Fsp3) is 0.333. The van der Waals surface area contributed by atoms with Gasteiger partial charge in [-0.25, -0.2) is 14.6 Å². The highest BCUT2D eigenvalue weighted by Gasteiger charge is 2.27. The standard InChI is InChI=1S/C21H24N6O4S/c1-3-31-19(28)17-16-15(12-32-17)24-20(22)25-18(16)26-8-10-27(11-9-26)21(29)23-13-4-6-14(30-2)7-5-13/h4-7,12H,3,8-11H2,1-2H3,(H2,22,24)(H,23,29). The molecule has 0 radical (unpaired) electrons. The summed E-state index contributed by atoms with van der Waals surface area (Å²) in [6.45, 7) is 4.11. The van der Waals surface area contributed by atoms with Crippen molar-refractivity contribution in [1.29, 1.82) is 0 Å². The molecule has 0 unspecified atom stereocenters. The van der Waals surface area contributed by atoms with Crippen LogP contribution in [0.1, 0.15) is 16.6 Å². The molecule has 3 aromatic rings. The highest BCUT2D eigenvalue weighted by Crippen LogP contribution is 2.33. The van der Waals surface area contributed by atoms with Crippen molar-refractivity contribution in [3.05, 3.63) is 34.5 Å². The van der Waals surface area contributed by atoms with Crippen LogP contribution in [0.3, 0.4) is 0 Å². The lowest BCUT2D eigenvalue weighted by Gasteiger charge is -2.35. The van der Waals surface area contributed by atoms with Crippen molar-refractivity contribution in [1.82, 2.24) is 14.9 Å². The number of hydrogen-bond acceptors (Lipinski definition) is 9. The van der Waals surface area contributed by atoms with Gasteiger partial charge in [-0.15, -0.1) is 11.3 Å². The number of methoxy groups -OCH3 is 1. The zero-order chi connectivity index (χ0) is 22.7. The maximum Gasteiger partial charge on any atom is 0.349 e. The molecule has 1 aromatic carbocycles. The van der Waals surface area contributed by atoms with Crippen LogP contribution in [-0.4, -0.2) is 66.8 Å². The number of fused-ring (bicyclic) bond motifs is 1. The number of urea groups is 1. The average molecular weight is 457 g/mol. The van der Waals surface area contributed by atoms with Gasteiger partial charge in [-0.05, 0) is 31.2 Å². The Morgan fingerprint density at radius 3 is 2.53 bits per heavy atom. The highest BCUT2D eigenvalue weighted by molar-refractivity contribution is 7.13. The number of esters is 1. The zero-order valence-electron chi connectivity index (χ0n) is 17.8. The topological polar surface area (TPSA) is 123 Å². The molecule has 2 amide bonds. The summed E-state index contributed by atoms with van der Waals surface area (Å²) in [6.07, 6.45) is 0. The molecule has 3 heterocycles. The van der Waals surface area contributed by atoms with Crippen LogP contribution in [0.25, 0.3) is 10.9 Å². The summed E-state index contributed by atoms with van der Waals surface area (Å²) < 4.78 is 10.3. The lowest BCUT2D eigenvalue weighted by atomic mass is 10.2. The van der Waals surface area contributed by atoms with Gasteiger partial charge >= 0.3 is 12.0 Å². The van der Waals surface area contributed by atoms with Gasteiger partial charge in [-0.3, -0.25) is 0 Å². The van der Waals surface area contributed by atoms with Crippen LogP contribution < -0.4 is 20.7 Å².